The first-order valence-electron chi connectivity index (χ1n) is 7.64. The number of nitrogens with one attached hydrogen (secondary N) is 2. The second-order valence-corrected chi connectivity index (χ2v) is 7.04. The zero-order valence-corrected chi connectivity index (χ0v) is 12.5. The number of piperidine rings is 1. The van der Waals surface area contributed by atoms with E-state index >= 15 is 0 Å². The van der Waals surface area contributed by atoms with Crippen molar-refractivity contribution in [1.29, 1.82) is 0 Å². The Balaban J connectivity index is 1.70. The number of ether oxygens (including phenoxy) is 1. The molecule has 1 aliphatic carbocycles. The summed E-state index contributed by atoms with van der Waals surface area (Å²) >= 11 is 0. The number of hydrogen-bond donors (Lipinski definition) is 2. The molecule has 0 aromatic carbocycles. The van der Waals surface area contributed by atoms with Gasteiger partial charge in [-0.1, -0.05) is 12.8 Å². The molecule has 1 amide bonds. The van der Waals surface area contributed by atoms with E-state index in [0.29, 0.717) is 5.92 Å². The lowest BCUT2D eigenvalue weighted by molar-refractivity contribution is 0.0508. The molecule has 1 saturated carbocycles. The van der Waals surface area contributed by atoms with Crippen LogP contribution in [0.3, 0.4) is 0 Å². The molecule has 0 aromatic rings. The first-order valence-corrected chi connectivity index (χ1v) is 7.64. The summed E-state index contributed by atoms with van der Waals surface area (Å²) in [7, 11) is 0. The van der Waals surface area contributed by atoms with Gasteiger partial charge in [-0.25, -0.2) is 4.79 Å². The van der Waals surface area contributed by atoms with Crippen molar-refractivity contribution in [2.45, 2.75) is 64.5 Å². The van der Waals surface area contributed by atoms with Crippen LogP contribution < -0.4 is 10.6 Å². The van der Waals surface area contributed by atoms with Gasteiger partial charge in [0.2, 0.25) is 0 Å². The minimum Gasteiger partial charge on any atom is -0.444 e. The first-order chi connectivity index (χ1) is 8.94. The Hall–Kier alpha value is -0.770. The Labute approximate surface area is 116 Å². The Kier molecular flexibility index (Phi) is 4.71. The summed E-state index contributed by atoms with van der Waals surface area (Å²) in [6, 6.07) is 0.728. The third-order valence-corrected chi connectivity index (χ3v) is 4.15. The van der Waals surface area contributed by atoms with Crippen LogP contribution in [-0.2, 0) is 4.74 Å². The molecular formula is C15H28N2O2. The quantitative estimate of drug-likeness (QED) is 0.809. The number of fused-ring (bicyclic) bond motifs is 1. The fourth-order valence-electron chi connectivity index (χ4n) is 3.29. The van der Waals surface area contributed by atoms with E-state index in [1.54, 1.807) is 0 Å². The van der Waals surface area contributed by atoms with Gasteiger partial charge in [-0.05, 0) is 58.4 Å². The number of amides is 1. The van der Waals surface area contributed by atoms with Crippen LogP contribution in [0.4, 0.5) is 4.79 Å². The molecule has 3 unspecified atom stereocenters. The highest BCUT2D eigenvalue weighted by Crippen LogP contribution is 2.32. The molecule has 1 heterocycles. The average molecular weight is 268 g/mol. The summed E-state index contributed by atoms with van der Waals surface area (Å²) in [5, 5.41) is 6.55. The van der Waals surface area contributed by atoms with Crippen LogP contribution in [0.25, 0.3) is 0 Å². The lowest BCUT2D eigenvalue weighted by atomic mass is 9.76. The van der Waals surface area contributed by atoms with Crippen molar-refractivity contribution < 1.29 is 9.53 Å². The van der Waals surface area contributed by atoms with E-state index in [0.717, 1.165) is 25.0 Å². The first kappa shape index (κ1) is 14.6. The van der Waals surface area contributed by atoms with Crippen molar-refractivity contribution in [3.05, 3.63) is 0 Å². The highest BCUT2D eigenvalue weighted by atomic mass is 16.6. The van der Waals surface area contributed by atoms with E-state index in [1.165, 1.54) is 32.1 Å². The minimum atomic E-state index is -0.413. The maximum absolute atomic E-state index is 11.6. The Morgan fingerprint density at radius 2 is 2.05 bits per heavy atom. The SMILES string of the molecule is CC(C)(C)OC(=O)NCC1CNC2CCCCC2C1. The van der Waals surface area contributed by atoms with Gasteiger partial charge in [-0.2, -0.15) is 0 Å². The molecule has 3 atom stereocenters. The number of rotatable bonds is 2. The summed E-state index contributed by atoms with van der Waals surface area (Å²) in [6.07, 6.45) is 6.37. The zero-order valence-electron chi connectivity index (χ0n) is 12.5. The summed E-state index contributed by atoms with van der Waals surface area (Å²) < 4.78 is 5.26. The van der Waals surface area contributed by atoms with E-state index in [1.807, 2.05) is 20.8 Å². The fourth-order valence-corrected chi connectivity index (χ4v) is 3.29. The largest absolute Gasteiger partial charge is 0.444 e. The van der Waals surface area contributed by atoms with Gasteiger partial charge in [-0.15, -0.1) is 0 Å². The van der Waals surface area contributed by atoms with Crippen molar-refractivity contribution >= 4 is 6.09 Å². The van der Waals surface area contributed by atoms with E-state index in [2.05, 4.69) is 10.6 Å². The van der Waals surface area contributed by atoms with E-state index in [4.69, 9.17) is 4.74 Å². The smallest absolute Gasteiger partial charge is 0.407 e. The summed E-state index contributed by atoms with van der Waals surface area (Å²) in [4.78, 5) is 11.6. The van der Waals surface area contributed by atoms with E-state index in [9.17, 15) is 4.79 Å². The van der Waals surface area contributed by atoms with Gasteiger partial charge in [0.1, 0.15) is 5.60 Å². The van der Waals surface area contributed by atoms with Gasteiger partial charge in [0.05, 0.1) is 0 Å². The monoisotopic (exact) mass is 268 g/mol. The zero-order chi connectivity index (χ0) is 13.9. The van der Waals surface area contributed by atoms with Crippen LogP contribution in [0.1, 0.15) is 52.9 Å². The van der Waals surface area contributed by atoms with Crippen LogP contribution in [0.15, 0.2) is 0 Å². The Morgan fingerprint density at radius 3 is 2.79 bits per heavy atom. The predicted molar refractivity (Wildman–Crippen MR) is 76.1 cm³/mol. The molecule has 0 spiro atoms. The topological polar surface area (TPSA) is 50.4 Å². The molecule has 2 fully saturated rings. The summed E-state index contributed by atoms with van der Waals surface area (Å²) in [5.41, 5.74) is -0.413. The van der Waals surface area contributed by atoms with Gasteiger partial charge < -0.3 is 15.4 Å². The molecule has 1 aliphatic heterocycles. The van der Waals surface area contributed by atoms with E-state index in [-0.39, 0.29) is 6.09 Å². The third kappa shape index (κ3) is 4.68. The molecule has 2 rings (SSSR count). The van der Waals surface area contributed by atoms with Crippen LogP contribution in [0.5, 0.6) is 0 Å². The molecule has 110 valence electrons. The van der Waals surface area contributed by atoms with Gasteiger partial charge >= 0.3 is 6.09 Å². The van der Waals surface area contributed by atoms with Gasteiger partial charge in [0, 0.05) is 12.6 Å². The number of hydrogen-bond acceptors (Lipinski definition) is 3. The second-order valence-electron chi connectivity index (χ2n) is 7.04. The van der Waals surface area contributed by atoms with Crippen LogP contribution in [0.2, 0.25) is 0 Å². The number of carbonyl (C=O) groups is 1. The van der Waals surface area contributed by atoms with Gasteiger partial charge in [-0.3, -0.25) is 0 Å². The summed E-state index contributed by atoms with van der Waals surface area (Å²) in [6.45, 7) is 7.42. The maximum Gasteiger partial charge on any atom is 0.407 e. The van der Waals surface area contributed by atoms with Crippen molar-refractivity contribution in [3.63, 3.8) is 0 Å². The van der Waals surface area contributed by atoms with E-state index < -0.39 is 5.60 Å². The highest BCUT2D eigenvalue weighted by Gasteiger charge is 2.32. The lowest BCUT2D eigenvalue weighted by Gasteiger charge is -2.40. The van der Waals surface area contributed by atoms with Crippen molar-refractivity contribution in [1.82, 2.24) is 10.6 Å². The Morgan fingerprint density at radius 1 is 1.32 bits per heavy atom. The molecule has 19 heavy (non-hydrogen) atoms. The fraction of sp³-hybridized carbons (Fsp3) is 0.933. The van der Waals surface area contributed by atoms with Crippen LogP contribution >= 0.6 is 0 Å². The molecular weight excluding hydrogens is 240 g/mol. The lowest BCUT2D eigenvalue weighted by Crippen LogP contribution is -2.49. The van der Waals surface area contributed by atoms with Crippen molar-refractivity contribution in [3.8, 4) is 0 Å². The maximum atomic E-state index is 11.6. The van der Waals surface area contributed by atoms with Crippen LogP contribution in [0, 0.1) is 11.8 Å². The molecule has 4 nitrogen and oxygen atoms in total. The normalized spacial score (nSPS) is 31.4. The second kappa shape index (κ2) is 6.12. The molecule has 2 N–H and O–H groups in total. The molecule has 1 saturated heterocycles. The van der Waals surface area contributed by atoms with Crippen LogP contribution in [-0.4, -0.2) is 30.8 Å². The van der Waals surface area contributed by atoms with Gasteiger partial charge in [0.15, 0.2) is 0 Å². The molecule has 2 aliphatic rings. The number of carbonyl (C=O) groups excluding carboxylic acids is 1. The molecule has 0 bridgehead atoms. The molecule has 4 heteroatoms. The predicted octanol–water partition coefficient (Wildman–Crippen LogP) is 2.68. The van der Waals surface area contributed by atoms with Gasteiger partial charge in [0.25, 0.3) is 0 Å². The average Bonchev–Trinajstić information content (AvgIpc) is 2.34. The molecule has 0 radical (unpaired) electrons. The third-order valence-electron chi connectivity index (χ3n) is 4.15. The summed E-state index contributed by atoms with van der Waals surface area (Å²) in [5.74, 6) is 1.36. The standard InChI is InChI=1S/C15H28N2O2/c1-15(2,3)19-14(18)17-10-11-8-12-6-4-5-7-13(12)16-9-11/h11-13,16H,4-10H2,1-3H3,(H,17,18). The highest BCUT2D eigenvalue weighted by molar-refractivity contribution is 5.67. The number of alkyl carbamates (subject to hydrolysis) is 1. The van der Waals surface area contributed by atoms with Crippen molar-refractivity contribution in [2.24, 2.45) is 11.8 Å². The minimum absolute atomic E-state index is 0.293. The molecule has 0 aromatic heterocycles. The Bertz CT molecular complexity index is 312. The van der Waals surface area contributed by atoms with Crippen molar-refractivity contribution in [2.75, 3.05) is 13.1 Å².